The van der Waals surface area contributed by atoms with Crippen molar-refractivity contribution in [2.75, 3.05) is 23.9 Å². The molecular formula is C13H15N3O3S. The summed E-state index contributed by atoms with van der Waals surface area (Å²) in [7, 11) is 1.56. The number of carbonyl (C=O) groups is 1. The molecule has 1 aromatic carbocycles. The van der Waals surface area contributed by atoms with Gasteiger partial charge in [-0.15, -0.1) is 0 Å². The first-order chi connectivity index (χ1) is 9.69. The number of nitrogens with two attached hydrogens (primary N) is 1. The topological polar surface area (TPSA) is 90.4 Å². The molecule has 0 aliphatic heterocycles. The third kappa shape index (κ3) is 3.92. The Kier molecular flexibility index (Phi) is 4.89. The number of nitrogen functional groups attached to an aromatic ring is 1. The van der Waals surface area contributed by atoms with Crippen LogP contribution in [-0.2, 0) is 4.79 Å². The Bertz CT molecular complexity index is 572. The largest absolute Gasteiger partial charge is 0.497 e. The molecule has 0 radical (unpaired) electrons. The van der Waals surface area contributed by atoms with Crippen molar-refractivity contribution in [3.8, 4) is 5.75 Å². The van der Waals surface area contributed by atoms with Gasteiger partial charge in [-0.2, -0.15) is 0 Å². The Hall–Kier alpha value is -2.15. The number of methoxy groups -OCH3 is 1. The van der Waals surface area contributed by atoms with E-state index < -0.39 is 0 Å². The number of carbonyl (C=O) groups excluding carboxylic acids is 1. The fourth-order valence-electron chi connectivity index (χ4n) is 1.51. The molecule has 0 saturated carbocycles. The molecule has 7 heteroatoms. The van der Waals surface area contributed by atoms with Gasteiger partial charge < -0.3 is 20.2 Å². The highest BCUT2D eigenvalue weighted by molar-refractivity contribution is 7.99. The van der Waals surface area contributed by atoms with Crippen molar-refractivity contribution >= 4 is 29.0 Å². The molecule has 6 nitrogen and oxygen atoms in total. The lowest BCUT2D eigenvalue weighted by Crippen LogP contribution is -2.13. The van der Waals surface area contributed by atoms with Crippen LogP contribution in [0, 0.1) is 0 Å². The Morgan fingerprint density at radius 1 is 1.55 bits per heavy atom. The van der Waals surface area contributed by atoms with E-state index in [9.17, 15) is 4.79 Å². The average molecular weight is 293 g/mol. The van der Waals surface area contributed by atoms with Gasteiger partial charge in [0.05, 0.1) is 24.7 Å². The number of amides is 1. The van der Waals surface area contributed by atoms with Gasteiger partial charge in [0.25, 0.3) is 5.22 Å². The zero-order valence-corrected chi connectivity index (χ0v) is 11.8. The molecule has 0 atom stereocenters. The van der Waals surface area contributed by atoms with E-state index in [-0.39, 0.29) is 5.91 Å². The van der Waals surface area contributed by atoms with Crippen LogP contribution < -0.4 is 15.8 Å². The van der Waals surface area contributed by atoms with Crippen LogP contribution in [-0.4, -0.2) is 23.8 Å². The number of aromatic nitrogens is 1. The second-order valence-corrected chi connectivity index (χ2v) is 4.94. The lowest BCUT2D eigenvalue weighted by molar-refractivity contribution is -0.115. The van der Waals surface area contributed by atoms with E-state index in [1.54, 1.807) is 31.5 Å². The van der Waals surface area contributed by atoms with E-state index in [0.717, 1.165) is 0 Å². The number of nitrogens with one attached hydrogen (secondary N) is 1. The summed E-state index contributed by atoms with van der Waals surface area (Å²) in [6, 6.07) is 5.12. The summed E-state index contributed by atoms with van der Waals surface area (Å²) < 4.78 is 10.1. The molecule has 3 N–H and O–H groups in total. The highest BCUT2D eigenvalue weighted by atomic mass is 32.2. The Balaban J connectivity index is 1.82. The molecule has 2 aromatic rings. The van der Waals surface area contributed by atoms with Crippen LogP contribution in [0.25, 0.3) is 0 Å². The fraction of sp³-hybridized carbons (Fsp3) is 0.231. The van der Waals surface area contributed by atoms with E-state index in [0.29, 0.717) is 34.5 Å². The number of hydrogen-bond donors (Lipinski definition) is 2. The number of anilines is 2. The Morgan fingerprint density at radius 3 is 3.05 bits per heavy atom. The quantitative estimate of drug-likeness (QED) is 0.628. The van der Waals surface area contributed by atoms with Gasteiger partial charge in [0.15, 0.2) is 0 Å². The van der Waals surface area contributed by atoms with Gasteiger partial charge in [-0.3, -0.25) is 4.79 Å². The van der Waals surface area contributed by atoms with E-state index in [1.165, 1.54) is 18.0 Å². The monoisotopic (exact) mass is 293 g/mol. The predicted molar refractivity (Wildman–Crippen MR) is 77.9 cm³/mol. The SMILES string of the molecule is COc1ccc(NC(=O)CCSc2ncco2)c(N)c1. The van der Waals surface area contributed by atoms with Gasteiger partial charge in [-0.05, 0) is 12.1 Å². The second kappa shape index (κ2) is 6.85. The molecule has 20 heavy (non-hydrogen) atoms. The van der Waals surface area contributed by atoms with Gasteiger partial charge in [0.1, 0.15) is 12.0 Å². The molecule has 0 aliphatic carbocycles. The van der Waals surface area contributed by atoms with Gasteiger partial charge >= 0.3 is 0 Å². The van der Waals surface area contributed by atoms with Crippen molar-refractivity contribution in [3.05, 3.63) is 30.7 Å². The number of benzene rings is 1. The third-order valence-electron chi connectivity index (χ3n) is 2.50. The zero-order chi connectivity index (χ0) is 14.4. The summed E-state index contributed by atoms with van der Waals surface area (Å²) >= 11 is 1.39. The van der Waals surface area contributed by atoms with Crippen molar-refractivity contribution in [2.24, 2.45) is 0 Å². The summed E-state index contributed by atoms with van der Waals surface area (Å²) in [5.74, 6) is 1.13. The maximum atomic E-state index is 11.8. The third-order valence-corrected chi connectivity index (χ3v) is 3.35. The smallest absolute Gasteiger partial charge is 0.255 e. The van der Waals surface area contributed by atoms with Crippen molar-refractivity contribution in [3.63, 3.8) is 0 Å². The van der Waals surface area contributed by atoms with E-state index >= 15 is 0 Å². The first kappa shape index (κ1) is 14.3. The molecule has 0 fully saturated rings. The number of thioether (sulfide) groups is 1. The van der Waals surface area contributed by atoms with Crippen LogP contribution in [0.5, 0.6) is 5.75 Å². The lowest BCUT2D eigenvalue weighted by Gasteiger charge is -2.09. The molecular weight excluding hydrogens is 278 g/mol. The maximum Gasteiger partial charge on any atom is 0.255 e. The zero-order valence-electron chi connectivity index (χ0n) is 11.0. The standard InChI is InChI=1S/C13H15N3O3S/c1-18-9-2-3-11(10(14)8-9)16-12(17)4-7-20-13-15-5-6-19-13/h2-3,5-6,8H,4,7,14H2,1H3,(H,16,17). The molecule has 2 rings (SSSR count). The van der Waals surface area contributed by atoms with Crippen LogP contribution in [0.15, 0.2) is 40.3 Å². The minimum Gasteiger partial charge on any atom is -0.497 e. The summed E-state index contributed by atoms with van der Waals surface area (Å²) in [5, 5.41) is 3.31. The van der Waals surface area contributed by atoms with Gasteiger partial charge in [0.2, 0.25) is 5.91 Å². The van der Waals surface area contributed by atoms with Crippen molar-refractivity contribution in [1.29, 1.82) is 0 Å². The van der Waals surface area contributed by atoms with Crippen molar-refractivity contribution < 1.29 is 13.9 Å². The molecule has 106 valence electrons. The van der Waals surface area contributed by atoms with E-state index in [4.69, 9.17) is 14.9 Å². The fourth-order valence-corrected chi connectivity index (χ4v) is 2.23. The molecule has 0 saturated heterocycles. The predicted octanol–water partition coefficient (Wildman–Crippen LogP) is 2.39. The van der Waals surface area contributed by atoms with Crippen LogP contribution in [0.3, 0.4) is 0 Å². The number of oxazole rings is 1. The van der Waals surface area contributed by atoms with Crippen LogP contribution >= 0.6 is 11.8 Å². The lowest BCUT2D eigenvalue weighted by atomic mass is 10.2. The molecule has 0 unspecified atom stereocenters. The number of nitrogens with zero attached hydrogens (tertiary/aromatic N) is 1. The average Bonchev–Trinajstić information content (AvgIpc) is 2.94. The van der Waals surface area contributed by atoms with Crippen molar-refractivity contribution in [1.82, 2.24) is 4.98 Å². The number of ether oxygens (including phenoxy) is 1. The summed E-state index contributed by atoms with van der Waals surface area (Å²) in [5.41, 5.74) is 6.88. The summed E-state index contributed by atoms with van der Waals surface area (Å²) in [6.07, 6.45) is 3.42. The molecule has 1 amide bonds. The van der Waals surface area contributed by atoms with Crippen molar-refractivity contribution in [2.45, 2.75) is 11.6 Å². The van der Waals surface area contributed by atoms with Gasteiger partial charge in [-0.25, -0.2) is 4.98 Å². The first-order valence-electron chi connectivity index (χ1n) is 5.94. The highest BCUT2D eigenvalue weighted by Gasteiger charge is 2.07. The minimum atomic E-state index is -0.110. The maximum absolute atomic E-state index is 11.8. The van der Waals surface area contributed by atoms with E-state index in [1.807, 2.05) is 0 Å². The van der Waals surface area contributed by atoms with Crippen LogP contribution in [0.4, 0.5) is 11.4 Å². The first-order valence-corrected chi connectivity index (χ1v) is 6.93. The minimum absolute atomic E-state index is 0.110. The molecule has 0 spiro atoms. The van der Waals surface area contributed by atoms with Gasteiger partial charge in [0, 0.05) is 18.2 Å². The van der Waals surface area contributed by atoms with Crippen LogP contribution in [0.1, 0.15) is 6.42 Å². The molecule has 1 heterocycles. The van der Waals surface area contributed by atoms with Crippen LogP contribution in [0.2, 0.25) is 0 Å². The number of rotatable bonds is 6. The normalized spacial score (nSPS) is 10.2. The Morgan fingerprint density at radius 2 is 2.40 bits per heavy atom. The van der Waals surface area contributed by atoms with Gasteiger partial charge in [-0.1, -0.05) is 11.8 Å². The number of hydrogen-bond acceptors (Lipinski definition) is 6. The Labute approximate surface area is 120 Å². The summed E-state index contributed by atoms with van der Waals surface area (Å²) in [4.78, 5) is 15.7. The summed E-state index contributed by atoms with van der Waals surface area (Å²) in [6.45, 7) is 0. The molecule has 1 aromatic heterocycles. The highest BCUT2D eigenvalue weighted by Crippen LogP contribution is 2.24. The molecule has 0 aliphatic rings. The van der Waals surface area contributed by atoms with E-state index in [2.05, 4.69) is 10.3 Å². The molecule has 0 bridgehead atoms. The second-order valence-electron chi connectivity index (χ2n) is 3.90.